The minimum Gasteiger partial charge on any atom is -0.465 e. The number of rotatable bonds is 5. The number of carbonyl (C=O) groups is 2. The van der Waals surface area contributed by atoms with Crippen LogP contribution in [0.2, 0.25) is 0 Å². The summed E-state index contributed by atoms with van der Waals surface area (Å²) in [6.45, 7) is 2.00. The number of anilines is 1. The lowest BCUT2D eigenvalue weighted by Crippen LogP contribution is -2.11. The summed E-state index contributed by atoms with van der Waals surface area (Å²) < 4.78 is 4.93. The van der Waals surface area contributed by atoms with E-state index in [9.17, 15) is 9.59 Å². The van der Waals surface area contributed by atoms with Crippen LogP contribution in [-0.4, -0.2) is 19.0 Å². The summed E-state index contributed by atoms with van der Waals surface area (Å²) in [7, 11) is 1.33. The van der Waals surface area contributed by atoms with Crippen LogP contribution in [0.4, 0.5) is 5.00 Å². The lowest BCUT2D eigenvalue weighted by atomic mass is 10.0. The minimum atomic E-state index is -0.478. The number of hydrogen-bond acceptors (Lipinski definition) is 4. The van der Waals surface area contributed by atoms with E-state index in [1.165, 1.54) is 24.5 Å². The van der Waals surface area contributed by atoms with Crippen molar-refractivity contribution < 1.29 is 14.3 Å². The van der Waals surface area contributed by atoms with E-state index < -0.39 is 5.97 Å². The lowest BCUT2D eigenvalue weighted by molar-refractivity contribution is -0.111. The number of ether oxygens (including phenoxy) is 1. The van der Waals surface area contributed by atoms with Crippen LogP contribution in [0.5, 0.6) is 0 Å². The molecule has 27 heavy (non-hydrogen) atoms. The van der Waals surface area contributed by atoms with Gasteiger partial charge in [-0.2, -0.15) is 0 Å². The van der Waals surface area contributed by atoms with Gasteiger partial charge in [0.15, 0.2) is 0 Å². The van der Waals surface area contributed by atoms with Crippen LogP contribution in [0.25, 0.3) is 17.2 Å². The molecular weight excluding hydrogens is 358 g/mol. The fourth-order valence-electron chi connectivity index (χ4n) is 2.59. The Kier molecular flexibility index (Phi) is 5.84. The molecule has 5 heteroatoms. The molecule has 0 saturated carbocycles. The summed E-state index contributed by atoms with van der Waals surface area (Å²) in [5.41, 5.74) is 4.07. The number of carbonyl (C=O) groups excluding carboxylic acids is 2. The Morgan fingerprint density at radius 1 is 1.04 bits per heavy atom. The van der Waals surface area contributed by atoms with Gasteiger partial charge in [0.2, 0.25) is 5.91 Å². The number of amides is 1. The van der Waals surface area contributed by atoms with E-state index in [1.54, 1.807) is 6.08 Å². The van der Waals surface area contributed by atoms with Crippen LogP contribution < -0.4 is 5.32 Å². The molecule has 0 saturated heterocycles. The first-order valence-electron chi connectivity index (χ1n) is 8.39. The second kappa shape index (κ2) is 8.47. The highest BCUT2D eigenvalue weighted by Crippen LogP contribution is 2.36. The summed E-state index contributed by atoms with van der Waals surface area (Å²) in [5.74, 6) is -0.782. The number of methoxy groups -OCH3 is 1. The van der Waals surface area contributed by atoms with Gasteiger partial charge in [-0.3, -0.25) is 4.79 Å². The van der Waals surface area contributed by atoms with Crippen molar-refractivity contribution in [3.63, 3.8) is 0 Å². The van der Waals surface area contributed by atoms with E-state index in [1.807, 2.05) is 66.9 Å². The van der Waals surface area contributed by atoms with E-state index in [0.29, 0.717) is 10.6 Å². The molecule has 0 radical (unpaired) electrons. The molecule has 0 aliphatic heterocycles. The molecule has 0 spiro atoms. The van der Waals surface area contributed by atoms with Gasteiger partial charge in [-0.1, -0.05) is 60.2 Å². The SMILES string of the molecule is COC(=O)c1c(-c2ccc(C)cc2)csc1NC(=O)C=Cc1ccccc1. The molecule has 4 nitrogen and oxygen atoms in total. The normalized spacial score (nSPS) is 10.7. The largest absolute Gasteiger partial charge is 0.465 e. The maximum absolute atomic E-state index is 12.3. The van der Waals surface area contributed by atoms with Crippen LogP contribution >= 0.6 is 11.3 Å². The molecule has 0 unspecified atom stereocenters. The number of esters is 1. The Morgan fingerprint density at radius 2 is 1.74 bits per heavy atom. The summed E-state index contributed by atoms with van der Waals surface area (Å²) >= 11 is 1.30. The third-order valence-corrected chi connectivity index (χ3v) is 4.90. The maximum Gasteiger partial charge on any atom is 0.341 e. The third-order valence-electron chi connectivity index (χ3n) is 4.01. The first kappa shape index (κ1) is 18.6. The number of hydrogen-bond donors (Lipinski definition) is 1. The molecule has 0 atom stereocenters. The van der Waals surface area contributed by atoms with Crippen LogP contribution in [0.3, 0.4) is 0 Å². The van der Waals surface area contributed by atoms with Crippen molar-refractivity contribution in [2.75, 3.05) is 12.4 Å². The summed E-state index contributed by atoms with van der Waals surface area (Å²) in [6.07, 6.45) is 3.17. The van der Waals surface area contributed by atoms with Crippen LogP contribution in [0, 0.1) is 6.92 Å². The van der Waals surface area contributed by atoms with E-state index in [2.05, 4.69) is 5.32 Å². The molecule has 1 aromatic heterocycles. The second-order valence-corrected chi connectivity index (χ2v) is 6.82. The van der Waals surface area contributed by atoms with Gasteiger partial charge < -0.3 is 10.1 Å². The second-order valence-electron chi connectivity index (χ2n) is 5.94. The van der Waals surface area contributed by atoms with Gasteiger partial charge in [-0.25, -0.2) is 4.79 Å². The maximum atomic E-state index is 12.3. The predicted molar refractivity (Wildman–Crippen MR) is 110 cm³/mol. The fraction of sp³-hybridized carbons (Fsp3) is 0.0909. The van der Waals surface area contributed by atoms with Crippen LogP contribution in [-0.2, 0) is 9.53 Å². The van der Waals surface area contributed by atoms with Crippen molar-refractivity contribution in [3.05, 3.63) is 82.7 Å². The van der Waals surface area contributed by atoms with E-state index in [0.717, 1.165) is 22.3 Å². The van der Waals surface area contributed by atoms with Gasteiger partial charge in [0.25, 0.3) is 0 Å². The number of thiophene rings is 1. The van der Waals surface area contributed by atoms with Gasteiger partial charge >= 0.3 is 5.97 Å². The number of nitrogens with one attached hydrogen (secondary N) is 1. The minimum absolute atomic E-state index is 0.304. The van der Waals surface area contributed by atoms with Crippen molar-refractivity contribution in [2.45, 2.75) is 6.92 Å². The topological polar surface area (TPSA) is 55.4 Å². The van der Waals surface area contributed by atoms with Crippen LogP contribution in [0.15, 0.2) is 66.1 Å². The summed E-state index contributed by atoms with van der Waals surface area (Å²) in [5, 5.41) is 5.12. The highest BCUT2D eigenvalue weighted by molar-refractivity contribution is 7.15. The van der Waals surface area contributed by atoms with Crippen molar-refractivity contribution >= 4 is 34.3 Å². The highest BCUT2D eigenvalue weighted by atomic mass is 32.1. The average Bonchev–Trinajstić information content (AvgIpc) is 3.10. The number of benzene rings is 2. The Hall–Kier alpha value is -3.18. The summed E-state index contributed by atoms with van der Waals surface area (Å²) in [4.78, 5) is 24.6. The van der Waals surface area contributed by atoms with Crippen molar-refractivity contribution in [1.82, 2.24) is 0 Å². The molecule has 3 aromatic rings. The molecule has 0 fully saturated rings. The van der Waals surface area contributed by atoms with E-state index >= 15 is 0 Å². The third kappa shape index (κ3) is 4.51. The molecule has 1 heterocycles. The van der Waals surface area contributed by atoms with Crippen molar-refractivity contribution in [3.8, 4) is 11.1 Å². The first-order valence-corrected chi connectivity index (χ1v) is 9.27. The van der Waals surface area contributed by atoms with Crippen molar-refractivity contribution in [2.24, 2.45) is 0 Å². The van der Waals surface area contributed by atoms with Gasteiger partial charge in [0, 0.05) is 17.0 Å². The smallest absolute Gasteiger partial charge is 0.341 e. The zero-order chi connectivity index (χ0) is 19.2. The predicted octanol–water partition coefficient (Wildman–Crippen LogP) is 5.16. The Morgan fingerprint density at radius 3 is 2.41 bits per heavy atom. The zero-order valence-corrected chi connectivity index (χ0v) is 15.9. The Bertz CT molecular complexity index is 973. The lowest BCUT2D eigenvalue weighted by Gasteiger charge is -2.07. The standard InChI is InChI=1S/C22H19NO3S/c1-15-8-11-17(12-9-15)18-14-27-21(20(18)22(25)26-2)23-19(24)13-10-16-6-4-3-5-7-16/h3-14H,1-2H3,(H,23,24). The Labute approximate surface area is 162 Å². The molecular formula is C22H19NO3S. The summed E-state index contributed by atoms with van der Waals surface area (Å²) in [6, 6.07) is 17.4. The van der Waals surface area contributed by atoms with Crippen LogP contribution in [0.1, 0.15) is 21.5 Å². The molecule has 0 bridgehead atoms. The van der Waals surface area contributed by atoms with Crippen molar-refractivity contribution in [1.29, 1.82) is 0 Å². The monoisotopic (exact) mass is 377 g/mol. The molecule has 1 N–H and O–H groups in total. The number of aryl methyl sites for hydroxylation is 1. The molecule has 2 aromatic carbocycles. The van der Waals surface area contributed by atoms with Gasteiger partial charge in [-0.05, 0) is 24.1 Å². The van der Waals surface area contributed by atoms with E-state index in [-0.39, 0.29) is 5.91 Å². The quantitative estimate of drug-likeness (QED) is 0.493. The molecule has 0 aliphatic rings. The van der Waals surface area contributed by atoms with Gasteiger partial charge in [0.05, 0.1) is 7.11 Å². The molecule has 3 rings (SSSR count). The zero-order valence-electron chi connectivity index (χ0n) is 15.1. The molecule has 1 amide bonds. The highest BCUT2D eigenvalue weighted by Gasteiger charge is 2.21. The molecule has 136 valence electrons. The van der Waals surface area contributed by atoms with Gasteiger partial charge in [-0.15, -0.1) is 11.3 Å². The average molecular weight is 377 g/mol. The molecule has 0 aliphatic carbocycles. The van der Waals surface area contributed by atoms with Gasteiger partial charge in [0.1, 0.15) is 10.6 Å². The fourth-order valence-corrected chi connectivity index (χ4v) is 3.55. The van der Waals surface area contributed by atoms with E-state index in [4.69, 9.17) is 4.74 Å². The Balaban J connectivity index is 1.87. The first-order chi connectivity index (χ1) is 13.1.